The monoisotopic (exact) mass is 866 g/mol. The normalized spacial score (nSPS) is 11.8. The van der Waals surface area contributed by atoms with Crippen LogP contribution in [0.1, 0.15) is 24.0 Å². The van der Waals surface area contributed by atoms with Gasteiger partial charge in [-0.1, -0.05) is 155 Å². The zero-order valence-corrected chi connectivity index (χ0v) is 34.0. The summed E-state index contributed by atoms with van der Waals surface area (Å²) in [4.78, 5) is 58.2. The fourth-order valence-electron chi connectivity index (χ4n) is 5.73. The number of anilines is 2. The van der Waals surface area contributed by atoms with Crippen molar-refractivity contribution in [2.45, 2.75) is 25.7 Å². The van der Waals surface area contributed by atoms with Crippen molar-refractivity contribution in [2.75, 3.05) is 17.3 Å². The lowest BCUT2D eigenvalue weighted by Crippen LogP contribution is -2.35. The number of carboxylic acid groups (broad SMARTS) is 2. The van der Waals surface area contributed by atoms with Gasteiger partial charge in [0.2, 0.25) is 16.9 Å². The van der Waals surface area contributed by atoms with Crippen molar-refractivity contribution < 1.29 is 33.8 Å². The van der Waals surface area contributed by atoms with Crippen LogP contribution >= 0.6 is 57.5 Å². The molecule has 57 heavy (non-hydrogen) atoms. The second kappa shape index (κ2) is 20.3. The fraction of sp³-hybridized carbons (Fsp3) is 0.171. The predicted octanol–water partition coefficient (Wildman–Crippen LogP) is 10.3. The number of thiazole rings is 2. The molecule has 0 saturated carbocycles. The van der Waals surface area contributed by atoms with E-state index in [1.54, 1.807) is 43.4 Å². The van der Waals surface area contributed by atoms with Crippen LogP contribution in [0.4, 0.5) is 14.7 Å². The Balaban J connectivity index is 0.000000218. The maximum atomic E-state index is 14.3. The first-order valence-electron chi connectivity index (χ1n) is 17.2. The number of amides is 2. The van der Waals surface area contributed by atoms with Gasteiger partial charge in [0.15, 0.2) is 10.3 Å². The smallest absolute Gasteiger partial charge is 0.304 e. The Labute approximate surface area is 350 Å². The quantitative estimate of drug-likeness (QED) is 0.0980. The average Bonchev–Trinajstić information content (AvgIpc) is 3.75. The van der Waals surface area contributed by atoms with Gasteiger partial charge in [-0.3, -0.25) is 24.1 Å². The highest BCUT2D eigenvalue weighted by Crippen LogP contribution is 2.40. The average molecular weight is 868 g/mol. The molecule has 2 amide bonds. The van der Waals surface area contributed by atoms with Crippen LogP contribution in [0.25, 0.3) is 22.5 Å². The third kappa shape index (κ3) is 11.9. The zero-order valence-electron chi connectivity index (χ0n) is 30.1. The number of hydrogen-bond donors (Lipinski definition) is 3. The van der Waals surface area contributed by atoms with Crippen molar-refractivity contribution in [3.05, 3.63) is 140 Å². The van der Waals surface area contributed by atoms with Crippen LogP contribution in [-0.4, -0.2) is 51.0 Å². The molecule has 0 spiro atoms. The van der Waals surface area contributed by atoms with Crippen LogP contribution in [-0.2, 0) is 32.0 Å². The number of carbonyl (C=O) groups excluding carboxylic acids is 2. The molecule has 0 fully saturated rings. The predicted molar refractivity (Wildman–Crippen MR) is 224 cm³/mol. The summed E-state index contributed by atoms with van der Waals surface area (Å²) < 4.78 is 14.7. The highest BCUT2D eigenvalue weighted by Gasteiger charge is 2.29. The van der Waals surface area contributed by atoms with Crippen LogP contribution in [0.5, 0.6) is 0 Å². The lowest BCUT2D eigenvalue weighted by molar-refractivity contribution is -0.140. The van der Waals surface area contributed by atoms with E-state index in [0.29, 0.717) is 54.1 Å². The van der Waals surface area contributed by atoms with Crippen molar-refractivity contribution in [2.24, 2.45) is 11.8 Å². The molecule has 2 heterocycles. The van der Waals surface area contributed by atoms with Crippen molar-refractivity contribution in [3.8, 4) is 22.5 Å². The van der Waals surface area contributed by atoms with E-state index in [1.807, 2.05) is 72.8 Å². The number of hydrogen-bond acceptors (Lipinski definition) is 8. The molecular formula is C41H34Cl3FN4O6S2. The van der Waals surface area contributed by atoms with Gasteiger partial charge in [-0.2, -0.15) is 4.39 Å². The Morgan fingerprint density at radius 1 is 0.684 bits per heavy atom. The highest BCUT2D eigenvalue weighted by atomic mass is 35.5. The molecular weight excluding hydrogens is 834 g/mol. The van der Waals surface area contributed by atoms with Crippen LogP contribution in [0.3, 0.4) is 0 Å². The van der Waals surface area contributed by atoms with Crippen molar-refractivity contribution in [1.82, 2.24) is 9.97 Å². The molecule has 4 aromatic carbocycles. The number of nitrogens with zero attached hydrogens (tertiary/aromatic N) is 3. The van der Waals surface area contributed by atoms with Gasteiger partial charge in [-0.15, -0.1) is 0 Å². The first kappa shape index (κ1) is 43.0. The molecule has 3 N–H and O–H groups in total. The van der Waals surface area contributed by atoms with Crippen LogP contribution in [0.2, 0.25) is 14.4 Å². The standard InChI is InChI=1S/C21H18Cl2N2O3S.C20H16ClFN2O3S/c1-25(20(28)14(12-17(26)27)11-13-7-3-2-4-8-13)21-24-18(19(23)29-21)15-9-5-6-10-16(15)22;21-15-9-5-4-8-14(15)17-18(22)28-20(23-17)24-19(27)13(11-16(25)26)10-12-6-2-1-3-7-12/h2-10,14H,11-12H2,1H3,(H,26,27);1-9,13H,10-11H2,(H,25,26)(H,23,24,27)/t14-;13-/m11/s1. The number of rotatable bonds is 14. The summed E-state index contributed by atoms with van der Waals surface area (Å²) in [5, 5.41) is 21.7. The van der Waals surface area contributed by atoms with E-state index in [-0.39, 0.29) is 36.0 Å². The van der Waals surface area contributed by atoms with Crippen molar-refractivity contribution in [3.63, 3.8) is 0 Å². The Morgan fingerprint density at radius 2 is 1.16 bits per heavy atom. The Morgan fingerprint density at radius 3 is 1.68 bits per heavy atom. The van der Waals surface area contributed by atoms with E-state index < -0.39 is 34.8 Å². The Hall–Kier alpha value is -5.18. The summed E-state index contributed by atoms with van der Waals surface area (Å²) in [7, 11) is 1.58. The van der Waals surface area contributed by atoms with E-state index >= 15 is 0 Å². The van der Waals surface area contributed by atoms with Gasteiger partial charge in [0, 0.05) is 18.2 Å². The largest absolute Gasteiger partial charge is 0.481 e. The molecule has 6 rings (SSSR count). The van der Waals surface area contributed by atoms with E-state index in [4.69, 9.17) is 39.9 Å². The molecule has 0 unspecified atom stereocenters. The van der Waals surface area contributed by atoms with Gasteiger partial charge in [0.05, 0.1) is 34.7 Å². The van der Waals surface area contributed by atoms with Crippen molar-refractivity contribution in [1.29, 1.82) is 0 Å². The number of nitrogens with one attached hydrogen (secondary N) is 1. The molecule has 6 aromatic rings. The van der Waals surface area contributed by atoms with E-state index in [0.717, 1.165) is 22.5 Å². The summed E-state index contributed by atoms with van der Waals surface area (Å²) in [6.07, 6.45) is -0.0303. The van der Waals surface area contributed by atoms with E-state index in [1.165, 1.54) is 4.90 Å². The van der Waals surface area contributed by atoms with E-state index in [2.05, 4.69) is 15.3 Å². The first-order valence-corrected chi connectivity index (χ1v) is 20.0. The fourth-order valence-corrected chi connectivity index (χ4v) is 8.02. The van der Waals surface area contributed by atoms with Gasteiger partial charge in [-0.25, -0.2) is 9.97 Å². The molecule has 294 valence electrons. The van der Waals surface area contributed by atoms with Gasteiger partial charge >= 0.3 is 11.9 Å². The molecule has 0 saturated heterocycles. The van der Waals surface area contributed by atoms with Gasteiger partial charge < -0.3 is 15.5 Å². The number of aromatic nitrogens is 2. The summed E-state index contributed by atoms with van der Waals surface area (Å²) in [6, 6.07) is 32.3. The zero-order chi connectivity index (χ0) is 41.1. The van der Waals surface area contributed by atoms with Crippen LogP contribution in [0.15, 0.2) is 109 Å². The SMILES string of the molecule is CN(C(=O)[C@@H](CC(=O)O)Cc1ccccc1)c1nc(-c2ccccc2Cl)c(Cl)s1.O=C(O)C[C@@H](Cc1ccccc1)C(=O)Nc1nc(-c2ccccc2Cl)c(F)s1. The molecule has 2 aromatic heterocycles. The number of carboxylic acids is 2. The van der Waals surface area contributed by atoms with Crippen LogP contribution in [0, 0.1) is 17.0 Å². The lowest BCUT2D eigenvalue weighted by atomic mass is 9.95. The number of benzene rings is 4. The second-order valence-corrected chi connectivity index (χ2v) is 15.9. The lowest BCUT2D eigenvalue weighted by Gasteiger charge is -2.21. The highest BCUT2D eigenvalue weighted by molar-refractivity contribution is 7.20. The Kier molecular flexibility index (Phi) is 15.3. The Bertz CT molecular complexity index is 2350. The minimum absolute atomic E-state index is 0.0451. The molecule has 0 aliphatic rings. The summed E-state index contributed by atoms with van der Waals surface area (Å²) in [5.74, 6) is -4.49. The van der Waals surface area contributed by atoms with Crippen molar-refractivity contribution >= 4 is 91.5 Å². The van der Waals surface area contributed by atoms with Gasteiger partial charge in [0.1, 0.15) is 15.7 Å². The third-order valence-corrected chi connectivity index (χ3v) is 11.2. The molecule has 0 bridgehead atoms. The molecule has 16 heteroatoms. The summed E-state index contributed by atoms with van der Waals surface area (Å²) >= 11 is 20.5. The third-order valence-electron chi connectivity index (χ3n) is 8.48. The maximum absolute atomic E-state index is 14.3. The number of aliphatic carboxylic acids is 2. The number of carbonyl (C=O) groups is 4. The van der Waals surface area contributed by atoms with E-state index in [9.17, 15) is 28.7 Å². The summed E-state index contributed by atoms with van der Waals surface area (Å²) in [6.45, 7) is 0. The summed E-state index contributed by atoms with van der Waals surface area (Å²) in [5.41, 5.74) is 3.37. The molecule has 2 atom stereocenters. The minimum atomic E-state index is -1.09. The molecule has 0 aliphatic carbocycles. The van der Waals surface area contributed by atoms with Gasteiger partial charge in [-0.05, 0) is 36.1 Å². The maximum Gasteiger partial charge on any atom is 0.304 e. The van der Waals surface area contributed by atoms with Crippen LogP contribution < -0.4 is 10.2 Å². The minimum Gasteiger partial charge on any atom is -0.481 e. The topological polar surface area (TPSA) is 150 Å². The van der Waals surface area contributed by atoms with Gasteiger partial charge in [0.25, 0.3) is 0 Å². The number of halogens is 4. The molecule has 0 radical (unpaired) electrons. The molecule has 10 nitrogen and oxygen atoms in total. The first-order chi connectivity index (χ1) is 27.3. The second-order valence-electron chi connectivity index (χ2n) is 12.6. The molecule has 0 aliphatic heterocycles.